The first kappa shape index (κ1) is 21.6. The van der Waals surface area contributed by atoms with Gasteiger partial charge in [0, 0.05) is 4.88 Å². The number of hydrogen-bond donors (Lipinski definition) is 1. The van der Waals surface area contributed by atoms with Crippen molar-refractivity contribution in [1.82, 2.24) is 0 Å². The number of halogens is 2. The quantitative estimate of drug-likeness (QED) is 0.285. The first-order chi connectivity index (χ1) is 14.0. The summed E-state index contributed by atoms with van der Waals surface area (Å²) in [4.78, 5) is 30.8. The highest BCUT2D eigenvalue weighted by molar-refractivity contribution is 7.17. The van der Waals surface area contributed by atoms with Gasteiger partial charge in [-0.3, -0.25) is 4.79 Å². The monoisotopic (exact) mass is 454 g/mol. The van der Waals surface area contributed by atoms with Crippen molar-refractivity contribution in [3.63, 3.8) is 0 Å². The molecule has 154 valence electrons. The molecule has 3 rings (SSSR count). The standard InChI is InChI=1S/C20H20Cl2N2O4S/c1-27-20(26)18-13-5-3-2-4-6-16(13)29-19(18)24-17(25)11-28-23-10-12-7-8-14(21)15(22)9-12/h7-10H,2-6,11H2,1H3,(H,24,25)/b23-10+. The van der Waals surface area contributed by atoms with Crippen LogP contribution in [-0.2, 0) is 27.2 Å². The van der Waals surface area contributed by atoms with Gasteiger partial charge >= 0.3 is 5.97 Å². The van der Waals surface area contributed by atoms with Crippen molar-refractivity contribution in [2.75, 3.05) is 19.0 Å². The van der Waals surface area contributed by atoms with Crippen LogP contribution in [0.3, 0.4) is 0 Å². The van der Waals surface area contributed by atoms with E-state index < -0.39 is 11.9 Å². The third kappa shape index (κ3) is 5.50. The molecule has 0 radical (unpaired) electrons. The second kappa shape index (κ2) is 10.1. The normalized spacial score (nSPS) is 13.6. The SMILES string of the molecule is COC(=O)c1c(NC(=O)CO/N=C/c2ccc(Cl)c(Cl)c2)sc2c1CCCCC2. The van der Waals surface area contributed by atoms with Crippen molar-refractivity contribution >= 4 is 57.6 Å². The molecule has 0 spiro atoms. The number of aryl methyl sites for hydroxylation is 1. The smallest absolute Gasteiger partial charge is 0.341 e. The number of nitrogens with one attached hydrogen (secondary N) is 1. The molecule has 0 saturated heterocycles. The van der Waals surface area contributed by atoms with E-state index in [1.807, 2.05) is 0 Å². The Morgan fingerprint density at radius 3 is 2.76 bits per heavy atom. The van der Waals surface area contributed by atoms with Crippen LogP contribution in [0.2, 0.25) is 10.0 Å². The predicted molar refractivity (Wildman–Crippen MR) is 116 cm³/mol. The Balaban J connectivity index is 1.63. The Labute approximate surface area is 182 Å². The van der Waals surface area contributed by atoms with E-state index in [1.54, 1.807) is 18.2 Å². The fourth-order valence-electron chi connectivity index (χ4n) is 3.10. The second-order valence-electron chi connectivity index (χ2n) is 6.49. The number of oxime groups is 1. The van der Waals surface area contributed by atoms with Crippen LogP contribution < -0.4 is 5.32 Å². The summed E-state index contributed by atoms with van der Waals surface area (Å²) in [5.74, 6) is -0.837. The minimum Gasteiger partial charge on any atom is -0.465 e. The molecule has 1 N–H and O–H groups in total. The van der Waals surface area contributed by atoms with Crippen molar-refractivity contribution < 1.29 is 19.2 Å². The number of hydrogen-bond acceptors (Lipinski definition) is 6. The van der Waals surface area contributed by atoms with Crippen LogP contribution >= 0.6 is 34.5 Å². The summed E-state index contributed by atoms with van der Waals surface area (Å²) in [6, 6.07) is 5.01. The minimum atomic E-state index is -0.432. The molecule has 1 aliphatic rings. The Bertz CT molecular complexity index is 943. The summed E-state index contributed by atoms with van der Waals surface area (Å²) >= 11 is 13.2. The second-order valence-corrected chi connectivity index (χ2v) is 8.41. The van der Waals surface area contributed by atoms with Gasteiger partial charge in [-0.25, -0.2) is 4.79 Å². The number of fused-ring (bicyclic) bond motifs is 1. The largest absolute Gasteiger partial charge is 0.465 e. The number of anilines is 1. The summed E-state index contributed by atoms with van der Waals surface area (Å²) in [6.07, 6.45) is 6.39. The molecule has 0 bridgehead atoms. The number of methoxy groups -OCH3 is 1. The first-order valence-electron chi connectivity index (χ1n) is 9.12. The van der Waals surface area contributed by atoms with Gasteiger partial charge in [-0.15, -0.1) is 11.3 Å². The number of ether oxygens (including phenoxy) is 1. The van der Waals surface area contributed by atoms with E-state index in [9.17, 15) is 9.59 Å². The van der Waals surface area contributed by atoms with Gasteiger partial charge < -0.3 is 14.9 Å². The minimum absolute atomic E-state index is 0.291. The van der Waals surface area contributed by atoms with E-state index in [1.165, 1.54) is 24.7 Å². The molecule has 0 saturated carbocycles. The zero-order valence-electron chi connectivity index (χ0n) is 15.8. The highest BCUT2D eigenvalue weighted by Gasteiger charge is 2.26. The molecule has 0 fully saturated rings. The zero-order valence-corrected chi connectivity index (χ0v) is 18.1. The lowest BCUT2D eigenvalue weighted by molar-refractivity contribution is -0.120. The van der Waals surface area contributed by atoms with E-state index in [0.29, 0.717) is 26.2 Å². The van der Waals surface area contributed by atoms with Crippen LogP contribution in [0.4, 0.5) is 5.00 Å². The van der Waals surface area contributed by atoms with Gasteiger partial charge in [0.1, 0.15) is 5.00 Å². The number of thiophene rings is 1. The van der Waals surface area contributed by atoms with Gasteiger partial charge in [0.2, 0.25) is 0 Å². The van der Waals surface area contributed by atoms with E-state index >= 15 is 0 Å². The first-order valence-corrected chi connectivity index (χ1v) is 10.7. The number of carbonyl (C=O) groups excluding carboxylic acids is 2. The maximum atomic E-state index is 12.3. The highest BCUT2D eigenvalue weighted by atomic mass is 35.5. The van der Waals surface area contributed by atoms with Gasteiger partial charge in [0.25, 0.3) is 5.91 Å². The number of benzene rings is 1. The molecular weight excluding hydrogens is 435 g/mol. The fraction of sp³-hybridized carbons (Fsp3) is 0.350. The van der Waals surface area contributed by atoms with E-state index in [-0.39, 0.29) is 6.61 Å². The van der Waals surface area contributed by atoms with E-state index in [2.05, 4.69) is 10.5 Å². The molecule has 2 aromatic rings. The number of amides is 1. The average molecular weight is 455 g/mol. The number of esters is 1. The van der Waals surface area contributed by atoms with E-state index in [4.69, 9.17) is 32.8 Å². The van der Waals surface area contributed by atoms with Crippen molar-refractivity contribution in [1.29, 1.82) is 0 Å². The molecule has 9 heteroatoms. The molecule has 0 aliphatic heterocycles. The van der Waals surface area contributed by atoms with Crippen molar-refractivity contribution in [3.05, 3.63) is 49.8 Å². The molecule has 1 aliphatic carbocycles. The van der Waals surface area contributed by atoms with Crippen molar-refractivity contribution in [2.24, 2.45) is 5.16 Å². The summed E-state index contributed by atoms with van der Waals surface area (Å²) in [7, 11) is 1.34. The van der Waals surface area contributed by atoms with Crippen molar-refractivity contribution in [3.8, 4) is 0 Å². The van der Waals surface area contributed by atoms with Crippen molar-refractivity contribution in [2.45, 2.75) is 32.1 Å². The van der Waals surface area contributed by atoms with Gasteiger partial charge in [0.05, 0.1) is 28.9 Å². The molecule has 1 amide bonds. The predicted octanol–water partition coefficient (Wildman–Crippen LogP) is 5.10. The average Bonchev–Trinajstić information content (AvgIpc) is 2.87. The van der Waals surface area contributed by atoms with Gasteiger partial charge in [-0.1, -0.05) is 40.8 Å². The summed E-state index contributed by atoms with van der Waals surface area (Å²) in [5, 5.41) is 7.88. The third-order valence-corrected chi connectivity index (χ3v) is 6.43. The maximum absolute atomic E-state index is 12.3. The fourth-order valence-corrected chi connectivity index (χ4v) is 4.70. The lowest BCUT2D eigenvalue weighted by atomic mass is 10.1. The lowest BCUT2D eigenvalue weighted by Gasteiger charge is -2.07. The van der Waals surface area contributed by atoms with Crippen LogP contribution in [0.5, 0.6) is 0 Å². The van der Waals surface area contributed by atoms with E-state index in [0.717, 1.165) is 42.5 Å². The molecule has 0 atom stereocenters. The molecular formula is C20H20Cl2N2O4S. The Morgan fingerprint density at radius 2 is 2.00 bits per heavy atom. The van der Waals surface area contributed by atoms with Crippen LogP contribution in [0, 0.1) is 0 Å². The Hall–Kier alpha value is -2.09. The Kier molecular flexibility index (Phi) is 7.52. The zero-order chi connectivity index (χ0) is 20.8. The van der Waals surface area contributed by atoms with Gasteiger partial charge in [-0.2, -0.15) is 0 Å². The topological polar surface area (TPSA) is 77.0 Å². The lowest BCUT2D eigenvalue weighted by Crippen LogP contribution is -2.18. The van der Waals surface area contributed by atoms with Crippen LogP contribution in [0.15, 0.2) is 23.4 Å². The molecule has 1 aromatic heterocycles. The molecule has 1 aromatic carbocycles. The van der Waals surface area contributed by atoms with Crippen LogP contribution in [-0.4, -0.2) is 31.8 Å². The van der Waals surface area contributed by atoms with Crippen LogP contribution in [0.25, 0.3) is 0 Å². The van der Waals surface area contributed by atoms with Gasteiger partial charge in [-0.05, 0) is 48.9 Å². The molecule has 1 heterocycles. The number of nitrogens with zero attached hydrogens (tertiary/aromatic N) is 1. The Morgan fingerprint density at radius 1 is 1.21 bits per heavy atom. The number of carbonyl (C=O) groups is 2. The summed E-state index contributed by atoms with van der Waals surface area (Å²) in [5.41, 5.74) is 2.14. The summed E-state index contributed by atoms with van der Waals surface area (Å²) < 4.78 is 4.93. The molecule has 0 unspecified atom stereocenters. The number of rotatable bonds is 6. The summed E-state index contributed by atoms with van der Waals surface area (Å²) in [6.45, 7) is -0.291. The van der Waals surface area contributed by atoms with Crippen LogP contribution in [0.1, 0.15) is 45.6 Å². The molecule has 29 heavy (non-hydrogen) atoms. The maximum Gasteiger partial charge on any atom is 0.341 e. The third-order valence-electron chi connectivity index (χ3n) is 4.48. The highest BCUT2D eigenvalue weighted by Crippen LogP contribution is 2.37. The van der Waals surface area contributed by atoms with Gasteiger partial charge in [0.15, 0.2) is 6.61 Å². The molecule has 6 nitrogen and oxygen atoms in total.